The molecule has 4 amide bonds. The van der Waals surface area contributed by atoms with Gasteiger partial charge in [0, 0.05) is 20.6 Å². The van der Waals surface area contributed by atoms with Crippen LogP contribution in [-0.2, 0) is 32.7 Å². The topological polar surface area (TPSA) is 122 Å². The third kappa shape index (κ3) is 4.04. The summed E-state index contributed by atoms with van der Waals surface area (Å²) in [6, 6.07) is 10.2. The summed E-state index contributed by atoms with van der Waals surface area (Å²) < 4.78 is 33.4. The van der Waals surface area contributed by atoms with E-state index in [0.717, 1.165) is 14.1 Å². The van der Waals surface area contributed by atoms with E-state index in [1.807, 2.05) is 6.92 Å². The van der Waals surface area contributed by atoms with Crippen LogP contribution < -0.4 is 9.64 Å². The van der Waals surface area contributed by atoms with E-state index in [4.69, 9.17) is 4.74 Å². The molecule has 1 saturated heterocycles. The lowest BCUT2D eigenvalue weighted by Crippen LogP contribution is -2.34. The maximum Gasteiger partial charge on any atom is 0.339 e. The Hall–Kier alpha value is -3.77. The van der Waals surface area contributed by atoms with Crippen LogP contribution in [0.1, 0.15) is 19.7 Å². The molecule has 0 radical (unpaired) electrons. The third-order valence-corrected chi connectivity index (χ3v) is 7.46. The number of rotatable bonds is 8. The van der Waals surface area contributed by atoms with E-state index in [2.05, 4.69) is 4.98 Å². The molecule has 0 bridgehead atoms. The summed E-state index contributed by atoms with van der Waals surface area (Å²) in [7, 11) is -0.796. The fraction of sp³-hybridized carbons (Fsp3) is 0.304. The standard InChI is InChI=1S/C23H25N5O6S/c1-5-26-17-12-11-15(35(32,33)25(3)4)13-16(17)24-20(26)14-27-21(29)22(30)28(23(27)31)18-9-7-8-10-19(18)34-6-2/h7-13H,5-6,14H2,1-4H3. The first-order chi connectivity index (χ1) is 16.6. The Labute approximate surface area is 202 Å². The Morgan fingerprint density at radius 1 is 1.00 bits per heavy atom. The number of sulfonamides is 1. The predicted molar refractivity (Wildman–Crippen MR) is 127 cm³/mol. The molecule has 0 unspecified atom stereocenters. The van der Waals surface area contributed by atoms with Crippen molar-refractivity contribution in [1.82, 2.24) is 18.8 Å². The van der Waals surface area contributed by atoms with Gasteiger partial charge in [0.15, 0.2) is 0 Å². The molecule has 1 aliphatic heterocycles. The average molecular weight is 500 g/mol. The highest BCUT2D eigenvalue weighted by Gasteiger charge is 2.46. The lowest BCUT2D eigenvalue weighted by molar-refractivity contribution is -0.139. The zero-order valence-corrected chi connectivity index (χ0v) is 20.6. The normalized spacial score (nSPS) is 14.6. The van der Waals surface area contributed by atoms with Gasteiger partial charge >= 0.3 is 17.8 Å². The van der Waals surface area contributed by atoms with Gasteiger partial charge in [-0.3, -0.25) is 9.59 Å². The Balaban J connectivity index is 1.71. The van der Waals surface area contributed by atoms with Gasteiger partial charge in [-0.05, 0) is 44.2 Å². The fourth-order valence-electron chi connectivity index (χ4n) is 3.92. The number of hydrogen-bond donors (Lipinski definition) is 0. The van der Waals surface area contributed by atoms with Crippen LogP contribution in [0.15, 0.2) is 47.4 Å². The van der Waals surface area contributed by atoms with Gasteiger partial charge in [0.05, 0.1) is 34.8 Å². The first-order valence-electron chi connectivity index (χ1n) is 10.9. The number of urea groups is 1. The SMILES string of the molecule is CCOc1ccccc1N1C(=O)C(=O)N(Cc2nc3cc(S(=O)(=O)N(C)C)ccc3n2CC)C1=O. The molecule has 1 aliphatic rings. The van der Waals surface area contributed by atoms with Gasteiger partial charge in [-0.25, -0.2) is 32.3 Å². The monoisotopic (exact) mass is 499 g/mol. The first kappa shape index (κ1) is 24.4. The Bertz CT molecular complexity index is 1450. The maximum atomic E-state index is 13.2. The van der Waals surface area contributed by atoms with E-state index in [1.54, 1.807) is 35.8 Å². The van der Waals surface area contributed by atoms with Crippen molar-refractivity contribution < 1.29 is 27.5 Å². The number of aromatic nitrogens is 2. The van der Waals surface area contributed by atoms with Gasteiger partial charge in [0.25, 0.3) is 0 Å². The fourth-order valence-corrected chi connectivity index (χ4v) is 4.84. The zero-order valence-electron chi connectivity index (χ0n) is 19.8. The minimum absolute atomic E-state index is 0.0736. The second-order valence-electron chi connectivity index (χ2n) is 7.93. The molecule has 0 N–H and O–H groups in total. The predicted octanol–water partition coefficient (Wildman–Crippen LogP) is 2.20. The van der Waals surface area contributed by atoms with Crippen molar-refractivity contribution in [3.63, 3.8) is 0 Å². The molecule has 2 aromatic carbocycles. The molecule has 11 nitrogen and oxygen atoms in total. The Morgan fingerprint density at radius 2 is 1.71 bits per heavy atom. The van der Waals surface area contributed by atoms with Gasteiger partial charge in [-0.2, -0.15) is 0 Å². The molecule has 1 aromatic heterocycles. The molecule has 184 valence electrons. The molecule has 12 heteroatoms. The third-order valence-electron chi connectivity index (χ3n) is 5.65. The maximum absolute atomic E-state index is 13.2. The van der Waals surface area contributed by atoms with Crippen LogP contribution >= 0.6 is 0 Å². The summed E-state index contributed by atoms with van der Waals surface area (Å²) in [5.41, 5.74) is 1.22. The summed E-state index contributed by atoms with van der Waals surface area (Å²) in [5, 5.41) is 0. The van der Waals surface area contributed by atoms with Crippen LogP contribution in [0.3, 0.4) is 0 Å². The van der Waals surface area contributed by atoms with Gasteiger partial charge in [-0.15, -0.1) is 0 Å². The van der Waals surface area contributed by atoms with E-state index in [9.17, 15) is 22.8 Å². The van der Waals surface area contributed by atoms with Crippen LogP contribution in [0, 0.1) is 0 Å². The van der Waals surface area contributed by atoms with Gasteiger partial charge in [-0.1, -0.05) is 12.1 Å². The van der Waals surface area contributed by atoms with Gasteiger partial charge < -0.3 is 9.30 Å². The highest BCUT2D eigenvalue weighted by Crippen LogP contribution is 2.32. The average Bonchev–Trinajstić information content (AvgIpc) is 3.28. The lowest BCUT2D eigenvalue weighted by atomic mass is 10.2. The summed E-state index contributed by atoms with van der Waals surface area (Å²) in [5.74, 6) is -1.31. The summed E-state index contributed by atoms with van der Waals surface area (Å²) in [6.45, 7) is 4.14. The summed E-state index contributed by atoms with van der Waals surface area (Å²) in [6.07, 6.45) is 0. The van der Waals surface area contributed by atoms with E-state index in [0.29, 0.717) is 35.8 Å². The Morgan fingerprint density at radius 3 is 2.37 bits per heavy atom. The molecule has 3 aromatic rings. The number of imidazole rings is 1. The molecular formula is C23H25N5O6S. The molecule has 1 fully saturated rings. The number of carbonyl (C=O) groups excluding carboxylic acids is 3. The van der Waals surface area contributed by atoms with E-state index < -0.39 is 27.9 Å². The van der Waals surface area contributed by atoms with Crippen molar-refractivity contribution in [3.8, 4) is 5.75 Å². The summed E-state index contributed by atoms with van der Waals surface area (Å²) >= 11 is 0. The van der Waals surface area contributed by atoms with Gasteiger partial charge in [0.1, 0.15) is 11.6 Å². The minimum atomic E-state index is -3.67. The molecule has 0 saturated carbocycles. The number of carbonyl (C=O) groups is 3. The largest absolute Gasteiger partial charge is 0.492 e. The van der Waals surface area contributed by atoms with Crippen molar-refractivity contribution in [2.45, 2.75) is 31.8 Å². The molecule has 0 aliphatic carbocycles. The number of imide groups is 2. The Kier molecular flexibility index (Phi) is 6.34. The number of nitrogens with zero attached hydrogens (tertiary/aromatic N) is 5. The number of hydrogen-bond acceptors (Lipinski definition) is 7. The van der Waals surface area contributed by atoms with Crippen LogP contribution in [0.25, 0.3) is 11.0 Å². The molecule has 0 spiro atoms. The number of ether oxygens (including phenoxy) is 1. The summed E-state index contributed by atoms with van der Waals surface area (Å²) in [4.78, 5) is 45.0. The van der Waals surface area contributed by atoms with Crippen LogP contribution in [0.4, 0.5) is 10.5 Å². The van der Waals surface area contributed by atoms with Crippen molar-refractivity contribution in [2.75, 3.05) is 25.6 Å². The number of anilines is 1. The quantitative estimate of drug-likeness (QED) is 0.344. The number of aryl methyl sites for hydroxylation is 1. The van der Waals surface area contributed by atoms with Crippen molar-refractivity contribution in [1.29, 1.82) is 0 Å². The molecule has 35 heavy (non-hydrogen) atoms. The van der Waals surface area contributed by atoms with Crippen molar-refractivity contribution >= 4 is 44.6 Å². The molecule has 4 rings (SSSR count). The van der Waals surface area contributed by atoms with E-state index >= 15 is 0 Å². The van der Waals surface area contributed by atoms with Crippen LogP contribution in [0.5, 0.6) is 5.75 Å². The van der Waals surface area contributed by atoms with Crippen LogP contribution in [-0.4, -0.2) is 65.7 Å². The lowest BCUT2D eigenvalue weighted by Gasteiger charge is -2.18. The smallest absolute Gasteiger partial charge is 0.339 e. The second kappa shape index (κ2) is 9.12. The van der Waals surface area contributed by atoms with E-state index in [-0.39, 0.29) is 17.1 Å². The van der Waals surface area contributed by atoms with Gasteiger partial charge in [0.2, 0.25) is 10.0 Å². The van der Waals surface area contributed by atoms with E-state index in [1.165, 1.54) is 32.3 Å². The van der Waals surface area contributed by atoms with Crippen molar-refractivity contribution in [2.24, 2.45) is 0 Å². The highest BCUT2D eigenvalue weighted by atomic mass is 32.2. The van der Waals surface area contributed by atoms with Crippen LogP contribution in [0.2, 0.25) is 0 Å². The number of amides is 4. The number of para-hydroxylation sites is 2. The van der Waals surface area contributed by atoms with Crippen molar-refractivity contribution in [3.05, 3.63) is 48.3 Å². The number of fused-ring (bicyclic) bond motifs is 1. The first-order valence-corrected chi connectivity index (χ1v) is 12.4. The zero-order chi connectivity index (χ0) is 25.5. The molecular weight excluding hydrogens is 474 g/mol. The second-order valence-corrected chi connectivity index (χ2v) is 10.1. The molecule has 0 atom stereocenters. The number of benzene rings is 2. The molecule has 2 heterocycles. The highest BCUT2D eigenvalue weighted by molar-refractivity contribution is 7.89. The minimum Gasteiger partial charge on any atom is -0.492 e.